The first-order chi connectivity index (χ1) is 12.6. The topological polar surface area (TPSA) is 39.9 Å². The Morgan fingerprint density at radius 3 is 2.62 bits per heavy atom. The Bertz CT molecular complexity index is 883. The molecule has 0 aliphatic heterocycles. The molecule has 26 heavy (non-hydrogen) atoms. The van der Waals surface area contributed by atoms with Gasteiger partial charge in [0.05, 0.1) is 5.02 Å². The van der Waals surface area contributed by atoms with Crippen molar-refractivity contribution in [3.8, 4) is 5.75 Å². The highest BCUT2D eigenvalue weighted by atomic mass is 35.5. The van der Waals surface area contributed by atoms with Gasteiger partial charge in [-0.3, -0.25) is 0 Å². The Morgan fingerprint density at radius 1 is 1.15 bits per heavy atom. The van der Waals surface area contributed by atoms with Crippen molar-refractivity contribution in [3.05, 3.63) is 70.3 Å². The quantitative estimate of drug-likeness (QED) is 0.514. The van der Waals surface area contributed by atoms with Gasteiger partial charge in [0, 0.05) is 18.4 Å². The second-order valence-corrected chi connectivity index (χ2v) is 7.13. The maximum absolute atomic E-state index is 13.2. The molecule has 0 unspecified atom stereocenters. The number of rotatable bonds is 7. The summed E-state index contributed by atoms with van der Waals surface area (Å²) in [5.41, 5.74) is 2.49. The van der Waals surface area contributed by atoms with Crippen molar-refractivity contribution in [3.63, 3.8) is 0 Å². The zero-order valence-corrected chi connectivity index (χ0v) is 16.1. The summed E-state index contributed by atoms with van der Waals surface area (Å²) in [6, 6.07) is 12.7. The predicted molar refractivity (Wildman–Crippen MR) is 102 cm³/mol. The summed E-state index contributed by atoms with van der Waals surface area (Å²) >= 11 is 7.42. The highest BCUT2D eigenvalue weighted by Gasteiger charge is 2.12. The molecule has 1 heterocycles. The number of hydrogen-bond acceptors (Lipinski definition) is 4. The molecule has 7 heteroatoms. The van der Waals surface area contributed by atoms with Gasteiger partial charge in [-0.25, -0.2) is 4.39 Å². The number of benzene rings is 2. The molecule has 0 bridgehead atoms. The van der Waals surface area contributed by atoms with Gasteiger partial charge in [-0.05, 0) is 31.5 Å². The number of nitrogens with zero attached hydrogens (tertiary/aromatic N) is 3. The molecule has 0 fully saturated rings. The van der Waals surface area contributed by atoms with Crippen molar-refractivity contribution >= 4 is 23.4 Å². The van der Waals surface area contributed by atoms with Gasteiger partial charge >= 0.3 is 0 Å². The molecule has 136 valence electrons. The Labute approximate surface area is 161 Å². The maximum atomic E-state index is 13.2. The number of hydrogen-bond donors (Lipinski definition) is 0. The van der Waals surface area contributed by atoms with Gasteiger partial charge in [0.25, 0.3) is 0 Å². The summed E-state index contributed by atoms with van der Waals surface area (Å²) in [6.45, 7) is 5.10. The van der Waals surface area contributed by atoms with Crippen LogP contribution in [0.5, 0.6) is 5.75 Å². The first-order valence-electron chi connectivity index (χ1n) is 8.25. The molecule has 3 rings (SSSR count). The van der Waals surface area contributed by atoms with E-state index in [0.29, 0.717) is 5.75 Å². The fraction of sp³-hybridized carbons (Fsp3) is 0.263. The van der Waals surface area contributed by atoms with E-state index in [1.54, 1.807) is 17.8 Å². The Balaban J connectivity index is 1.65. The van der Waals surface area contributed by atoms with Gasteiger partial charge in [-0.1, -0.05) is 53.2 Å². The highest BCUT2D eigenvalue weighted by Crippen LogP contribution is 2.24. The Kier molecular flexibility index (Phi) is 6.16. The zero-order valence-electron chi connectivity index (χ0n) is 14.6. The zero-order chi connectivity index (χ0) is 18.5. The highest BCUT2D eigenvalue weighted by molar-refractivity contribution is 7.98. The summed E-state index contributed by atoms with van der Waals surface area (Å²) in [4.78, 5) is 0. The predicted octanol–water partition coefficient (Wildman–Crippen LogP) is 5.27. The first kappa shape index (κ1) is 18.7. The van der Waals surface area contributed by atoms with Crippen LogP contribution in [0.1, 0.15) is 23.9 Å². The van der Waals surface area contributed by atoms with Crippen LogP contribution in [0.15, 0.2) is 47.6 Å². The lowest BCUT2D eigenvalue weighted by Crippen LogP contribution is -2.07. The molecule has 1 aromatic heterocycles. The Hall–Kier alpha value is -2.05. The summed E-state index contributed by atoms with van der Waals surface area (Å²) in [5, 5.41) is 9.39. The van der Waals surface area contributed by atoms with Gasteiger partial charge in [0.1, 0.15) is 18.2 Å². The monoisotopic (exact) mass is 391 g/mol. The van der Waals surface area contributed by atoms with Gasteiger partial charge in [-0.15, -0.1) is 10.2 Å². The van der Waals surface area contributed by atoms with E-state index in [-0.39, 0.29) is 11.6 Å². The summed E-state index contributed by atoms with van der Waals surface area (Å²) in [6.07, 6.45) is 0. The largest absolute Gasteiger partial charge is 0.486 e. The minimum absolute atomic E-state index is 0.0359. The van der Waals surface area contributed by atoms with E-state index >= 15 is 0 Å². The molecular weight excluding hydrogens is 373 g/mol. The molecule has 3 aromatic rings. The number of aromatic nitrogens is 3. The van der Waals surface area contributed by atoms with Gasteiger partial charge < -0.3 is 9.30 Å². The average molecular weight is 392 g/mol. The van der Waals surface area contributed by atoms with E-state index < -0.39 is 5.82 Å². The second-order valence-electron chi connectivity index (χ2n) is 5.78. The SMILES string of the molecule is CCn1c(COc2ccc(F)c(Cl)c2)nnc1SCc1ccc(C)cc1. The lowest BCUT2D eigenvalue weighted by atomic mass is 10.2. The van der Waals surface area contributed by atoms with Gasteiger partial charge in [0.15, 0.2) is 11.0 Å². The van der Waals surface area contributed by atoms with E-state index in [1.165, 1.54) is 23.3 Å². The minimum atomic E-state index is -0.467. The molecule has 0 saturated carbocycles. The normalized spacial score (nSPS) is 10.9. The molecule has 0 saturated heterocycles. The van der Waals surface area contributed by atoms with Crippen LogP contribution in [0.4, 0.5) is 4.39 Å². The molecule has 0 aliphatic carbocycles. The standard InChI is InChI=1S/C19H19ClFN3OS/c1-3-24-18(11-25-15-8-9-17(21)16(20)10-15)22-23-19(24)26-12-14-6-4-13(2)5-7-14/h4-10H,3,11-12H2,1-2H3. The lowest BCUT2D eigenvalue weighted by molar-refractivity contribution is 0.288. The molecule has 0 radical (unpaired) electrons. The molecule has 2 aromatic carbocycles. The Morgan fingerprint density at radius 2 is 1.92 bits per heavy atom. The van der Waals surface area contributed by atoms with Gasteiger partial charge in [-0.2, -0.15) is 0 Å². The van der Waals surface area contributed by atoms with Crippen LogP contribution in [0.25, 0.3) is 0 Å². The third-order valence-electron chi connectivity index (χ3n) is 3.86. The third kappa shape index (κ3) is 4.56. The van der Waals surface area contributed by atoms with Crippen molar-refractivity contribution in [2.24, 2.45) is 0 Å². The fourth-order valence-corrected chi connectivity index (χ4v) is 3.54. The maximum Gasteiger partial charge on any atom is 0.191 e. The van der Waals surface area contributed by atoms with Gasteiger partial charge in [0.2, 0.25) is 0 Å². The van der Waals surface area contributed by atoms with E-state index in [0.717, 1.165) is 23.3 Å². The van der Waals surface area contributed by atoms with Crippen LogP contribution >= 0.6 is 23.4 Å². The molecule has 4 nitrogen and oxygen atoms in total. The van der Waals surface area contributed by atoms with E-state index in [9.17, 15) is 4.39 Å². The van der Waals surface area contributed by atoms with Crippen molar-refractivity contribution < 1.29 is 9.13 Å². The van der Waals surface area contributed by atoms with Crippen LogP contribution in [0.3, 0.4) is 0 Å². The van der Waals surface area contributed by atoms with Crippen molar-refractivity contribution in [2.45, 2.75) is 37.9 Å². The van der Waals surface area contributed by atoms with Crippen LogP contribution in [0, 0.1) is 12.7 Å². The summed E-state index contributed by atoms with van der Waals surface area (Å²) in [5.74, 6) is 1.58. The van der Waals surface area contributed by atoms with Crippen LogP contribution in [-0.2, 0) is 18.9 Å². The molecular formula is C19H19ClFN3OS. The van der Waals surface area contributed by atoms with Crippen molar-refractivity contribution in [2.75, 3.05) is 0 Å². The number of halogens is 2. The summed E-state index contributed by atoms with van der Waals surface area (Å²) < 4.78 is 20.9. The van der Waals surface area contributed by atoms with E-state index in [1.807, 2.05) is 11.5 Å². The molecule has 0 N–H and O–H groups in total. The summed E-state index contributed by atoms with van der Waals surface area (Å²) in [7, 11) is 0. The molecule has 0 spiro atoms. The van der Waals surface area contributed by atoms with E-state index in [4.69, 9.17) is 16.3 Å². The molecule has 0 atom stereocenters. The van der Waals surface area contributed by atoms with Crippen molar-refractivity contribution in [1.82, 2.24) is 14.8 Å². The average Bonchev–Trinajstić information content (AvgIpc) is 3.04. The number of ether oxygens (including phenoxy) is 1. The molecule has 0 amide bonds. The van der Waals surface area contributed by atoms with E-state index in [2.05, 4.69) is 41.4 Å². The second kappa shape index (κ2) is 8.56. The molecule has 0 aliphatic rings. The first-order valence-corrected chi connectivity index (χ1v) is 9.61. The lowest BCUT2D eigenvalue weighted by Gasteiger charge is -2.09. The number of thioether (sulfide) groups is 1. The smallest absolute Gasteiger partial charge is 0.191 e. The minimum Gasteiger partial charge on any atom is -0.486 e. The van der Waals surface area contributed by atoms with Crippen LogP contribution in [-0.4, -0.2) is 14.8 Å². The van der Waals surface area contributed by atoms with Crippen LogP contribution < -0.4 is 4.74 Å². The fourth-order valence-electron chi connectivity index (χ4n) is 2.40. The van der Waals surface area contributed by atoms with Crippen molar-refractivity contribution in [1.29, 1.82) is 0 Å². The number of aryl methyl sites for hydroxylation is 1. The third-order valence-corrected chi connectivity index (χ3v) is 5.18. The van der Waals surface area contributed by atoms with Crippen LogP contribution in [0.2, 0.25) is 5.02 Å².